The van der Waals surface area contributed by atoms with Crippen LogP contribution < -0.4 is 10.2 Å². The fraction of sp³-hybridized carbons (Fsp3) is 0.529. The molecule has 118 valence electrons. The van der Waals surface area contributed by atoms with Crippen molar-refractivity contribution in [2.75, 3.05) is 38.1 Å². The number of piperazine rings is 1. The largest absolute Gasteiger partial charge is 0.335 e. The predicted octanol–water partition coefficient (Wildman–Crippen LogP) is 1.03. The van der Waals surface area contributed by atoms with Crippen LogP contribution in [0.2, 0.25) is 0 Å². The van der Waals surface area contributed by atoms with Gasteiger partial charge in [0.05, 0.1) is 6.54 Å². The zero-order valence-corrected chi connectivity index (χ0v) is 13.0. The van der Waals surface area contributed by atoms with E-state index in [1.54, 1.807) is 11.9 Å². The van der Waals surface area contributed by atoms with Crippen LogP contribution in [0, 0.1) is 5.92 Å². The number of piperidine rings is 1. The first-order valence-electron chi connectivity index (χ1n) is 7.97. The number of nitrogens with zero attached hydrogens (tertiary/aromatic N) is 2. The van der Waals surface area contributed by atoms with Crippen LogP contribution >= 0.6 is 0 Å². The van der Waals surface area contributed by atoms with Crippen molar-refractivity contribution in [2.24, 2.45) is 5.92 Å². The van der Waals surface area contributed by atoms with Crippen LogP contribution in [0.4, 0.5) is 5.69 Å². The number of anilines is 1. The van der Waals surface area contributed by atoms with Crippen LogP contribution in [-0.4, -0.2) is 49.9 Å². The van der Waals surface area contributed by atoms with E-state index in [1.165, 1.54) is 23.3 Å². The topological polar surface area (TPSA) is 52.7 Å². The van der Waals surface area contributed by atoms with Gasteiger partial charge < -0.3 is 15.1 Å². The number of likely N-dealkylation sites (N-methyl/N-ethyl adjacent to an activating group) is 1. The van der Waals surface area contributed by atoms with Crippen molar-refractivity contribution in [3.63, 3.8) is 0 Å². The first kappa shape index (κ1) is 15.0. The Morgan fingerprint density at radius 2 is 1.91 bits per heavy atom. The highest BCUT2D eigenvalue weighted by molar-refractivity contribution is 6.04. The van der Waals surface area contributed by atoms with Gasteiger partial charge in [0.15, 0.2) is 0 Å². The Labute approximate surface area is 131 Å². The molecule has 1 unspecified atom stereocenters. The molecule has 2 aliphatic heterocycles. The molecular weight excluding hydrogens is 278 g/mol. The van der Waals surface area contributed by atoms with Gasteiger partial charge in [-0.05, 0) is 56.0 Å². The van der Waals surface area contributed by atoms with E-state index in [9.17, 15) is 9.59 Å². The average Bonchev–Trinajstić information content (AvgIpc) is 2.53. The van der Waals surface area contributed by atoms with E-state index in [1.807, 2.05) is 12.1 Å². The fourth-order valence-corrected chi connectivity index (χ4v) is 3.20. The monoisotopic (exact) mass is 301 g/mol. The summed E-state index contributed by atoms with van der Waals surface area (Å²) in [5.41, 5.74) is 2.11. The number of carbonyl (C=O) groups excluding carboxylic acids is 2. The molecule has 0 radical (unpaired) electrons. The van der Waals surface area contributed by atoms with Crippen LogP contribution in [0.25, 0.3) is 0 Å². The van der Waals surface area contributed by atoms with Gasteiger partial charge in [-0.1, -0.05) is 12.1 Å². The summed E-state index contributed by atoms with van der Waals surface area (Å²) in [5.74, 6) is 0.662. The second-order valence-corrected chi connectivity index (χ2v) is 6.31. The first-order chi connectivity index (χ1) is 10.6. The highest BCUT2D eigenvalue weighted by Crippen LogP contribution is 2.21. The number of hydrogen-bond acceptors (Lipinski definition) is 3. The van der Waals surface area contributed by atoms with E-state index in [-0.39, 0.29) is 24.9 Å². The number of carbonyl (C=O) groups is 2. The van der Waals surface area contributed by atoms with Crippen molar-refractivity contribution >= 4 is 17.5 Å². The van der Waals surface area contributed by atoms with Crippen LogP contribution in [0.5, 0.6) is 0 Å². The second-order valence-electron chi connectivity index (χ2n) is 6.31. The molecule has 1 atom stereocenters. The minimum absolute atomic E-state index is 0.0167. The third-order valence-electron chi connectivity index (χ3n) is 4.56. The van der Waals surface area contributed by atoms with Gasteiger partial charge in [-0.2, -0.15) is 0 Å². The Hall–Kier alpha value is -1.88. The Morgan fingerprint density at radius 3 is 2.59 bits per heavy atom. The zero-order valence-electron chi connectivity index (χ0n) is 13.0. The van der Waals surface area contributed by atoms with E-state index in [4.69, 9.17) is 0 Å². The third kappa shape index (κ3) is 3.30. The molecular formula is C17H23N3O2. The lowest BCUT2D eigenvalue weighted by molar-refractivity contribution is -0.136. The standard InChI is InChI=1S/C17H23N3O2/c1-19-11-17(22)20(12-16(19)21)15-6-4-13(5-7-15)9-14-3-2-8-18-10-14/h4-7,14,18H,2-3,8-12H2,1H3. The molecule has 0 spiro atoms. The highest BCUT2D eigenvalue weighted by atomic mass is 16.2. The molecule has 2 aliphatic rings. The number of benzene rings is 1. The van der Waals surface area contributed by atoms with Crippen LogP contribution in [0.15, 0.2) is 24.3 Å². The van der Waals surface area contributed by atoms with E-state index >= 15 is 0 Å². The van der Waals surface area contributed by atoms with E-state index < -0.39 is 0 Å². The summed E-state index contributed by atoms with van der Waals surface area (Å²) in [6.07, 6.45) is 3.60. The first-order valence-corrected chi connectivity index (χ1v) is 7.97. The fourth-order valence-electron chi connectivity index (χ4n) is 3.20. The molecule has 0 aromatic heterocycles. The quantitative estimate of drug-likeness (QED) is 0.907. The molecule has 0 bridgehead atoms. The molecule has 3 rings (SSSR count). The Balaban J connectivity index is 1.65. The van der Waals surface area contributed by atoms with Crippen molar-refractivity contribution in [1.82, 2.24) is 10.2 Å². The van der Waals surface area contributed by atoms with Gasteiger partial charge in [-0.15, -0.1) is 0 Å². The molecule has 1 aromatic carbocycles. The van der Waals surface area contributed by atoms with Crippen molar-refractivity contribution < 1.29 is 9.59 Å². The van der Waals surface area contributed by atoms with E-state index in [0.717, 1.165) is 25.2 Å². The minimum atomic E-state index is -0.0219. The normalized spacial score (nSPS) is 23.0. The van der Waals surface area contributed by atoms with Crippen molar-refractivity contribution in [2.45, 2.75) is 19.3 Å². The molecule has 2 amide bonds. The van der Waals surface area contributed by atoms with Crippen LogP contribution in [0.1, 0.15) is 18.4 Å². The number of hydrogen-bond donors (Lipinski definition) is 1. The third-order valence-corrected chi connectivity index (χ3v) is 4.56. The highest BCUT2D eigenvalue weighted by Gasteiger charge is 2.28. The summed E-state index contributed by atoms with van der Waals surface area (Å²) in [6.45, 7) is 2.53. The summed E-state index contributed by atoms with van der Waals surface area (Å²) >= 11 is 0. The summed E-state index contributed by atoms with van der Waals surface area (Å²) in [5, 5.41) is 3.44. The van der Waals surface area contributed by atoms with E-state index in [0.29, 0.717) is 5.92 Å². The van der Waals surface area contributed by atoms with Gasteiger partial charge in [-0.3, -0.25) is 9.59 Å². The number of rotatable bonds is 3. The molecule has 1 aromatic rings. The summed E-state index contributed by atoms with van der Waals surface area (Å²) in [4.78, 5) is 26.9. The maximum atomic E-state index is 12.1. The Morgan fingerprint density at radius 1 is 1.14 bits per heavy atom. The van der Waals surface area contributed by atoms with Crippen LogP contribution in [-0.2, 0) is 16.0 Å². The maximum absolute atomic E-state index is 12.1. The average molecular weight is 301 g/mol. The summed E-state index contributed by atoms with van der Waals surface area (Å²) in [7, 11) is 1.67. The predicted molar refractivity (Wildman–Crippen MR) is 85.7 cm³/mol. The maximum Gasteiger partial charge on any atom is 0.247 e. The lowest BCUT2D eigenvalue weighted by Gasteiger charge is -2.31. The SMILES string of the molecule is CN1CC(=O)N(c2ccc(CC3CCCNC3)cc2)CC1=O. The Bertz CT molecular complexity index is 550. The molecule has 5 nitrogen and oxygen atoms in total. The zero-order chi connectivity index (χ0) is 15.5. The molecule has 5 heteroatoms. The lowest BCUT2D eigenvalue weighted by atomic mass is 9.92. The minimum Gasteiger partial charge on any atom is -0.335 e. The van der Waals surface area contributed by atoms with E-state index in [2.05, 4.69) is 17.4 Å². The van der Waals surface area contributed by atoms with Gasteiger partial charge in [0.1, 0.15) is 6.54 Å². The lowest BCUT2D eigenvalue weighted by Crippen LogP contribution is -2.52. The van der Waals surface area contributed by atoms with Crippen molar-refractivity contribution in [3.8, 4) is 0 Å². The molecule has 0 aliphatic carbocycles. The van der Waals surface area contributed by atoms with Crippen molar-refractivity contribution in [3.05, 3.63) is 29.8 Å². The second kappa shape index (κ2) is 6.48. The summed E-state index contributed by atoms with van der Waals surface area (Å²) < 4.78 is 0. The number of nitrogens with one attached hydrogen (secondary N) is 1. The number of amides is 2. The van der Waals surface area contributed by atoms with Gasteiger partial charge in [0.25, 0.3) is 0 Å². The molecule has 22 heavy (non-hydrogen) atoms. The molecule has 2 heterocycles. The van der Waals surface area contributed by atoms with Gasteiger partial charge in [0, 0.05) is 12.7 Å². The summed E-state index contributed by atoms with van der Waals surface area (Å²) in [6, 6.07) is 8.09. The molecule has 2 fully saturated rings. The van der Waals surface area contributed by atoms with Crippen molar-refractivity contribution in [1.29, 1.82) is 0 Å². The van der Waals surface area contributed by atoms with Gasteiger partial charge in [0.2, 0.25) is 11.8 Å². The van der Waals surface area contributed by atoms with Gasteiger partial charge in [-0.25, -0.2) is 0 Å². The molecule has 2 saturated heterocycles. The van der Waals surface area contributed by atoms with Crippen LogP contribution in [0.3, 0.4) is 0 Å². The molecule has 0 saturated carbocycles. The Kier molecular flexibility index (Phi) is 4.43. The molecule has 1 N–H and O–H groups in total. The van der Waals surface area contributed by atoms with Gasteiger partial charge >= 0.3 is 0 Å². The smallest absolute Gasteiger partial charge is 0.247 e.